The number of rotatable bonds is 47. The molecule has 0 aromatic heterocycles. The molecule has 1 heterocycles. The van der Waals surface area contributed by atoms with Crippen molar-refractivity contribution in [3.63, 3.8) is 0 Å². The Bertz CT molecular complexity index is 1320. The van der Waals surface area contributed by atoms with E-state index >= 15 is 0 Å². The van der Waals surface area contributed by atoms with Crippen molar-refractivity contribution in [2.24, 2.45) is 0 Å². The number of unbranched alkanes of at least 4 members (excludes halogenated alkanes) is 22. The van der Waals surface area contributed by atoms with E-state index in [2.05, 4.69) is 98.9 Å². The van der Waals surface area contributed by atoms with Gasteiger partial charge in [0.1, 0.15) is 30.5 Å². The van der Waals surface area contributed by atoms with Crippen molar-refractivity contribution in [3.8, 4) is 0 Å². The van der Waals surface area contributed by atoms with Crippen LogP contribution in [0.15, 0.2) is 85.1 Å². The van der Waals surface area contributed by atoms with Gasteiger partial charge in [-0.25, -0.2) is 0 Å². The molecular weight excluding hydrogens is 853 g/mol. The molecule has 0 bridgehead atoms. The van der Waals surface area contributed by atoms with E-state index in [-0.39, 0.29) is 25.6 Å². The van der Waals surface area contributed by atoms with E-state index in [0.717, 1.165) is 64.2 Å². The van der Waals surface area contributed by atoms with Crippen molar-refractivity contribution in [2.75, 3.05) is 26.4 Å². The average molecular weight is 955 g/mol. The summed E-state index contributed by atoms with van der Waals surface area (Å²) in [5.74, 6) is -0.356. The van der Waals surface area contributed by atoms with E-state index < -0.39 is 43.4 Å². The molecule has 9 heteroatoms. The molecular formula is C59H102O9. The molecule has 0 aromatic carbocycles. The molecule has 0 aliphatic carbocycles. The lowest BCUT2D eigenvalue weighted by atomic mass is 9.99. The first-order valence-electron chi connectivity index (χ1n) is 27.7. The van der Waals surface area contributed by atoms with Crippen LogP contribution in [0.5, 0.6) is 0 Å². The summed E-state index contributed by atoms with van der Waals surface area (Å²) in [6.45, 7) is 4.40. The van der Waals surface area contributed by atoms with Crippen LogP contribution in [0.25, 0.3) is 0 Å². The van der Waals surface area contributed by atoms with Crippen molar-refractivity contribution < 1.29 is 44.2 Å². The molecule has 392 valence electrons. The van der Waals surface area contributed by atoms with Crippen LogP contribution in [0.1, 0.15) is 219 Å². The number of allylic oxidation sites excluding steroid dienone is 14. The van der Waals surface area contributed by atoms with E-state index in [1.807, 2.05) is 0 Å². The maximum Gasteiger partial charge on any atom is 0.306 e. The highest BCUT2D eigenvalue weighted by Gasteiger charge is 2.44. The summed E-state index contributed by atoms with van der Waals surface area (Å²) in [6, 6.07) is 0. The number of carbonyl (C=O) groups excluding carboxylic acids is 1. The fourth-order valence-corrected chi connectivity index (χ4v) is 8.02. The maximum absolute atomic E-state index is 12.8. The Kier molecular flexibility index (Phi) is 46.0. The fourth-order valence-electron chi connectivity index (χ4n) is 8.02. The molecule has 68 heavy (non-hydrogen) atoms. The summed E-state index contributed by atoms with van der Waals surface area (Å²) in [7, 11) is 0. The standard InChI is InChI=1S/C59H102O9/c1-3-5-7-9-11-13-15-17-19-21-23-25-26-27-29-31-33-35-37-39-41-43-45-47-49-65-51-53(52-66-59-58(64)57(63)56(62)54(50-60)68-59)67-55(61)48-46-44-42-40-38-36-34-32-30-28-24-22-20-18-16-14-12-10-8-6-4-2/h6,8,12,14,18,20-21,23-24,28,32,34,38,40,53-54,56-60,62-64H,3-5,7,9-11,13,15-17,19,22,25-27,29-31,33,35-37,39,41-52H2,1-2H3/b8-6-,14-12-,20-18-,23-21-,28-24-,34-32-,40-38-. The number of hydrogen-bond donors (Lipinski definition) is 4. The van der Waals surface area contributed by atoms with Crippen LogP contribution in [0.4, 0.5) is 0 Å². The average Bonchev–Trinajstić information content (AvgIpc) is 3.34. The van der Waals surface area contributed by atoms with Gasteiger partial charge in [0.05, 0.1) is 19.8 Å². The molecule has 4 N–H and O–H groups in total. The molecule has 1 aliphatic rings. The van der Waals surface area contributed by atoms with Crippen LogP contribution >= 0.6 is 0 Å². The topological polar surface area (TPSA) is 135 Å². The van der Waals surface area contributed by atoms with Crippen LogP contribution < -0.4 is 0 Å². The first-order valence-corrected chi connectivity index (χ1v) is 27.7. The Balaban J connectivity index is 2.21. The zero-order chi connectivity index (χ0) is 49.2. The lowest BCUT2D eigenvalue weighted by molar-refractivity contribution is -0.305. The molecule has 1 saturated heterocycles. The Morgan fingerprint density at radius 2 is 0.897 bits per heavy atom. The van der Waals surface area contributed by atoms with Crippen LogP contribution in [-0.4, -0.2) is 89.6 Å². The second kappa shape index (κ2) is 49.4. The van der Waals surface area contributed by atoms with E-state index in [9.17, 15) is 25.2 Å². The largest absolute Gasteiger partial charge is 0.457 e. The number of esters is 1. The third kappa shape index (κ3) is 39.1. The van der Waals surface area contributed by atoms with Gasteiger partial charge in [0.2, 0.25) is 0 Å². The van der Waals surface area contributed by atoms with Gasteiger partial charge in [-0.05, 0) is 89.9 Å². The Morgan fingerprint density at radius 1 is 0.485 bits per heavy atom. The van der Waals surface area contributed by atoms with Gasteiger partial charge in [0.15, 0.2) is 6.29 Å². The summed E-state index contributed by atoms with van der Waals surface area (Å²) < 4.78 is 22.9. The molecule has 0 aromatic rings. The van der Waals surface area contributed by atoms with Gasteiger partial charge in [-0.15, -0.1) is 0 Å². The molecule has 9 nitrogen and oxygen atoms in total. The van der Waals surface area contributed by atoms with Crippen LogP contribution in [0.3, 0.4) is 0 Å². The van der Waals surface area contributed by atoms with E-state index in [4.69, 9.17) is 18.9 Å². The van der Waals surface area contributed by atoms with Gasteiger partial charge in [0, 0.05) is 13.0 Å². The molecule has 0 saturated carbocycles. The summed E-state index contributed by atoms with van der Waals surface area (Å²) in [5.41, 5.74) is 0. The molecule has 1 aliphatic heterocycles. The predicted octanol–water partition coefficient (Wildman–Crippen LogP) is 14.1. The summed E-state index contributed by atoms with van der Waals surface area (Å²) >= 11 is 0. The fraction of sp³-hybridized carbons (Fsp3) is 0.746. The number of aliphatic hydroxyl groups excluding tert-OH is 4. The van der Waals surface area contributed by atoms with Crippen LogP contribution in [0, 0.1) is 0 Å². The monoisotopic (exact) mass is 955 g/mol. The minimum atomic E-state index is -1.55. The second-order valence-corrected chi connectivity index (χ2v) is 18.6. The third-order valence-electron chi connectivity index (χ3n) is 12.3. The third-order valence-corrected chi connectivity index (χ3v) is 12.3. The summed E-state index contributed by atoms with van der Waals surface area (Å²) in [4.78, 5) is 12.8. The van der Waals surface area contributed by atoms with Gasteiger partial charge in [-0.3, -0.25) is 4.79 Å². The first-order chi connectivity index (χ1) is 33.4. The zero-order valence-electron chi connectivity index (χ0n) is 43.3. The highest BCUT2D eigenvalue weighted by Crippen LogP contribution is 2.23. The van der Waals surface area contributed by atoms with Crippen molar-refractivity contribution in [2.45, 2.75) is 256 Å². The number of aliphatic hydroxyl groups is 4. The molecule has 6 atom stereocenters. The van der Waals surface area contributed by atoms with E-state index in [0.29, 0.717) is 13.0 Å². The molecule has 1 rings (SSSR count). The highest BCUT2D eigenvalue weighted by molar-refractivity contribution is 5.69. The van der Waals surface area contributed by atoms with Gasteiger partial charge >= 0.3 is 5.97 Å². The lowest BCUT2D eigenvalue weighted by Gasteiger charge is -2.39. The molecule has 6 unspecified atom stereocenters. The number of carbonyl (C=O) groups is 1. The minimum absolute atomic E-state index is 0.123. The SMILES string of the molecule is CC/C=C\C/C=C\C/C=C\C/C=C\C/C=C\C/C=C\CCCCC(=O)OC(COCCCCCCCCCCCCCC/C=C\CCCCCCCCCC)COC1OC(CO)C(O)C(O)C1O. The van der Waals surface area contributed by atoms with Crippen molar-refractivity contribution in [3.05, 3.63) is 85.1 Å². The van der Waals surface area contributed by atoms with Crippen LogP contribution in [-0.2, 0) is 23.7 Å². The number of hydrogen-bond acceptors (Lipinski definition) is 9. The minimum Gasteiger partial charge on any atom is -0.457 e. The van der Waals surface area contributed by atoms with Crippen molar-refractivity contribution in [1.29, 1.82) is 0 Å². The summed E-state index contributed by atoms with van der Waals surface area (Å²) in [6.07, 6.45) is 60.6. The molecule has 1 fully saturated rings. The quantitative estimate of drug-likeness (QED) is 0.0267. The van der Waals surface area contributed by atoms with Crippen molar-refractivity contribution >= 4 is 5.97 Å². The Hall–Kier alpha value is -2.63. The van der Waals surface area contributed by atoms with Crippen molar-refractivity contribution in [1.82, 2.24) is 0 Å². The Labute approximate surface area is 416 Å². The van der Waals surface area contributed by atoms with E-state index in [1.165, 1.54) is 128 Å². The van der Waals surface area contributed by atoms with Gasteiger partial charge in [-0.2, -0.15) is 0 Å². The second-order valence-electron chi connectivity index (χ2n) is 18.6. The smallest absolute Gasteiger partial charge is 0.306 e. The van der Waals surface area contributed by atoms with E-state index in [1.54, 1.807) is 0 Å². The van der Waals surface area contributed by atoms with Gasteiger partial charge < -0.3 is 39.4 Å². The molecule has 0 radical (unpaired) electrons. The Morgan fingerprint density at radius 3 is 1.37 bits per heavy atom. The van der Waals surface area contributed by atoms with Gasteiger partial charge in [-0.1, -0.05) is 208 Å². The molecule has 0 amide bonds. The highest BCUT2D eigenvalue weighted by atomic mass is 16.7. The zero-order valence-corrected chi connectivity index (χ0v) is 43.3. The molecule has 0 spiro atoms. The predicted molar refractivity (Wildman–Crippen MR) is 283 cm³/mol. The summed E-state index contributed by atoms with van der Waals surface area (Å²) in [5, 5.41) is 40.3. The number of ether oxygens (including phenoxy) is 4. The first kappa shape index (κ1) is 63.4. The van der Waals surface area contributed by atoms with Crippen LogP contribution in [0.2, 0.25) is 0 Å². The van der Waals surface area contributed by atoms with Gasteiger partial charge in [0.25, 0.3) is 0 Å². The lowest BCUT2D eigenvalue weighted by Crippen LogP contribution is -2.59. The maximum atomic E-state index is 12.8. The normalized spacial score (nSPS) is 19.8.